The monoisotopic (exact) mass is 458 g/mol. The number of piperidine rings is 1. The number of anilines is 2. The molecule has 0 bridgehead atoms. The van der Waals surface area contributed by atoms with E-state index in [9.17, 15) is 14.4 Å². The Balaban J connectivity index is 1.17. The molecule has 0 radical (unpaired) electrons. The molecular weight excluding hydrogens is 432 g/mol. The van der Waals surface area contributed by atoms with E-state index in [4.69, 9.17) is 4.42 Å². The van der Waals surface area contributed by atoms with Gasteiger partial charge in [-0.15, -0.1) is 10.2 Å². The highest BCUT2D eigenvalue weighted by atomic mass is 32.1. The highest BCUT2D eigenvalue weighted by Gasteiger charge is 2.34. The minimum absolute atomic E-state index is 0.100. The molecule has 3 amide bonds. The molecule has 3 aliphatic rings. The Hall–Kier alpha value is -2.95. The molecule has 11 heteroatoms. The van der Waals surface area contributed by atoms with Crippen molar-refractivity contribution in [2.45, 2.75) is 25.7 Å². The first-order valence-electron chi connectivity index (χ1n) is 11.1. The number of carbonyl (C=O) groups is 3. The topological polar surface area (TPSA) is 103 Å². The molecule has 2 aromatic rings. The van der Waals surface area contributed by atoms with Gasteiger partial charge >= 0.3 is 0 Å². The summed E-state index contributed by atoms with van der Waals surface area (Å²) in [5.41, 5.74) is 0. The van der Waals surface area contributed by atoms with Gasteiger partial charge in [0.1, 0.15) is 0 Å². The zero-order chi connectivity index (χ0) is 22.1. The van der Waals surface area contributed by atoms with Gasteiger partial charge in [0.05, 0.1) is 12.2 Å². The second-order valence-electron chi connectivity index (χ2n) is 8.40. The summed E-state index contributed by atoms with van der Waals surface area (Å²) in [7, 11) is 0. The smallest absolute Gasteiger partial charge is 0.289 e. The Bertz CT molecular complexity index is 984. The van der Waals surface area contributed by atoms with Crippen LogP contribution in [0.4, 0.5) is 10.3 Å². The van der Waals surface area contributed by atoms with Crippen LogP contribution in [0.15, 0.2) is 22.8 Å². The molecule has 0 aliphatic carbocycles. The van der Waals surface area contributed by atoms with Crippen LogP contribution in [0.25, 0.3) is 0 Å². The maximum atomic E-state index is 13.2. The summed E-state index contributed by atoms with van der Waals surface area (Å²) in [5, 5.41) is 9.94. The number of carbonyl (C=O) groups excluding carboxylic acids is 3. The van der Waals surface area contributed by atoms with Crippen molar-refractivity contribution in [2.75, 3.05) is 55.6 Å². The molecule has 170 valence electrons. The molecule has 0 spiro atoms. The molecule has 32 heavy (non-hydrogen) atoms. The molecule has 0 unspecified atom stereocenters. The van der Waals surface area contributed by atoms with Gasteiger partial charge in [-0.05, 0) is 31.4 Å². The predicted octanol–water partition coefficient (Wildman–Crippen LogP) is 1.46. The third-order valence-corrected chi connectivity index (χ3v) is 7.37. The molecule has 0 aromatic carbocycles. The fourth-order valence-electron chi connectivity index (χ4n) is 4.59. The van der Waals surface area contributed by atoms with Crippen LogP contribution in [0.5, 0.6) is 0 Å². The molecular formula is C21H26N6O4S. The molecule has 3 fully saturated rings. The Kier molecular flexibility index (Phi) is 5.81. The Labute approximate surface area is 189 Å². The highest BCUT2D eigenvalue weighted by Crippen LogP contribution is 2.32. The quantitative estimate of drug-likeness (QED) is 0.683. The standard InChI is InChI=1S/C21H26N6O4S/c28-17-6-2-8-27(17)21-23-22-20(32-21)26-7-1-4-15(14-26)18(29)24-9-11-25(12-10-24)19(30)16-5-3-13-31-16/h3,5,13,15H,1-2,4,6-12,14H2/t15-/m0/s1. The van der Waals surface area contributed by atoms with E-state index in [0.29, 0.717) is 56.6 Å². The van der Waals surface area contributed by atoms with Gasteiger partial charge in [0, 0.05) is 52.2 Å². The van der Waals surface area contributed by atoms with Gasteiger partial charge in [0.2, 0.25) is 22.1 Å². The van der Waals surface area contributed by atoms with Gasteiger partial charge < -0.3 is 19.1 Å². The largest absolute Gasteiger partial charge is 0.459 e. The summed E-state index contributed by atoms with van der Waals surface area (Å²) in [6, 6.07) is 3.36. The Morgan fingerprint density at radius 3 is 2.50 bits per heavy atom. The first-order chi connectivity index (χ1) is 15.6. The van der Waals surface area contributed by atoms with Crippen LogP contribution >= 0.6 is 11.3 Å². The molecule has 0 N–H and O–H groups in total. The number of furan rings is 1. The molecule has 2 aromatic heterocycles. The molecule has 10 nitrogen and oxygen atoms in total. The van der Waals surface area contributed by atoms with Crippen molar-refractivity contribution in [1.29, 1.82) is 0 Å². The van der Waals surface area contributed by atoms with E-state index in [1.807, 2.05) is 4.90 Å². The van der Waals surface area contributed by atoms with Crippen molar-refractivity contribution < 1.29 is 18.8 Å². The van der Waals surface area contributed by atoms with Gasteiger partial charge in [0.25, 0.3) is 5.91 Å². The lowest BCUT2D eigenvalue weighted by atomic mass is 9.96. The summed E-state index contributed by atoms with van der Waals surface area (Å²) in [5.74, 6) is 0.342. The van der Waals surface area contributed by atoms with Crippen LogP contribution in [-0.4, -0.2) is 83.5 Å². The van der Waals surface area contributed by atoms with Gasteiger partial charge in [-0.2, -0.15) is 0 Å². The van der Waals surface area contributed by atoms with Gasteiger partial charge in [0.15, 0.2) is 5.76 Å². The molecule has 0 saturated carbocycles. The van der Waals surface area contributed by atoms with Crippen molar-refractivity contribution in [3.05, 3.63) is 24.2 Å². The SMILES string of the molecule is O=C(c1ccco1)N1CCN(C(=O)[C@H]2CCCN(c3nnc(N4CCCC4=O)s3)C2)CC1. The van der Waals surface area contributed by atoms with E-state index in [2.05, 4.69) is 15.1 Å². The Morgan fingerprint density at radius 2 is 1.78 bits per heavy atom. The Morgan fingerprint density at radius 1 is 1.00 bits per heavy atom. The zero-order valence-electron chi connectivity index (χ0n) is 17.8. The fraction of sp³-hybridized carbons (Fsp3) is 0.571. The number of aromatic nitrogens is 2. The third-order valence-electron chi connectivity index (χ3n) is 6.36. The van der Waals surface area contributed by atoms with Crippen molar-refractivity contribution in [3.8, 4) is 0 Å². The van der Waals surface area contributed by atoms with Crippen molar-refractivity contribution in [2.24, 2.45) is 5.92 Å². The van der Waals surface area contributed by atoms with Crippen LogP contribution in [0, 0.1) is 5.92 Å². The van der Waals surface area contributed by atoms with E-state index in [1.165, 1.54) is 17.6 Å². The van der Waals surface area contributed by atoms with Crippen molar-refractivity contribution in [1.82, 2.24) is 20.0 Å². The number of hydrogen-bond acceptors (Lipinski definition) is 8. The lowest BCUT2D eigenvalue weighted by Crippen LogP contribution is -2.53. The summed E-state index contributed by atoms with van der Waals surface area (Å²) < 4.78 is 5.20. The number of piperazine rings is 1. The second kappa shape index (κ2) is 8.89. The van der Waals surface area contributed by atoms with E-state index >= 15 is 0 Å². The maximum absolute atomic E-state index is 13.2. The van der Waals surface area contributed by atoms with Crippen molar-refractivity contribution >= 4 is 39.3 Å². The summed E-state index contributed by atoms with van der Waals surface area (Å²) in [6.07, 6.45) is 4.66. The minimum atomic E-state index is -0.130. The van der Waals surface area contributed by atoms with E-state index in [1.54, 1.807) is 21.9 Å². The third kappa shape index (κ3) is 4.08. The maximum Gasteiger partial charge on any atom is 0.289 e. The van der Waals surface area contributed by atoms with E-state index in [-0.39, 0.29) is 23.6 Å². The van der Waals surface area contributed by atoms with Gasteiger partial charge in [-0.3, -0.25) is 19.3 Å². The van der Waals surface area contributed by atoms with Gasteiger partial charge in [-0.1, -0.05) is 11.3 Å². The number of rotatable bonds is 4. The zero-order valence-corrected chi connectivity index (χ0v) is 18.6. The first kappa shape index (κ1) is 20.9. The lowest BCUT2D eigenvalue weighted by molar-refractivity contribution is -0.137. The summed E-state index contributed by atoms with van der Waals surface area (Å²) in [6.45, 7) is 4.20. The van der Waals surface area contributed by atoms with Gasteiger partial charge in [-0.25, -0.2) is 0 Å². The molecule has 3 saturated heterocycles. The number of amides is 3. The predicted molar refractivity (Wildman–Crippen MR) is 118 cm³/mol. The fourth-order valence-corrected chi connectivity index (χ4v) is 5.52. The van der Waals surface area contributed by atoms with E-state index in [0.717, 1.165) is 30.9 Å². The second-order valence-corrected chi connectivity index (χ2v) is 9.33. The average Bonchev–Trinajstić information content (AvgIpc) is 3.60. The summed E-state index contributed by atoms with van der Waals surface area (Å²) in [4.78, 5) is 45.0. The molecule has 3 aliphatic heterocycles. The summed E-state index contributed by atoms with van der Waals surface area (Å²) >= 11 is 1.42. The lowest BCUT2D eigenvalue weighted by Gasteiger charge is -2.38. The number of nitrogens with zero attached hydrogens (tertiary/aromatic N) is 6. The minimum Gasteiger partial charge on any atom is -0.459 e. The van der Waals surface area contributed by atoms with Crippen LogP contribution in [0.1, 0.15) is 36.2 Å². The number of hydrogen-bond donors (Lipinski definition) is 0. The highest BCUT2D eigenvalue weighted by molar-refractivity contribution is 7.19. The first-order valence-corrected chi connectivity index (χ1v) is 11.9. The van der Waals surface area contributed by atoms with E-state index < -0.39 is 0 Å². The molecule has 5 rings (SSSR count). The average molecular weight is 459 g/mol. The van der Waals surface area contributed by atoms with Crippen LogP contribution in [-0.2, 0) is 9.59 Å². The normalized spacial score (nSPS) is 22.0. The van der Waals surface area contributed by atoms with Crippen LogP contribution in [0.3, 0.4) is 0 Å². The van der Waals surface area contributed by atoms with Crippen LogP contribution in [0.2, 0.25) is 0 Å². The van der Waals surface area contributed by atoms with Crippen LogP contribution < -0.4 is 9.80 Å². The molecule has 1 atom stereocenters. The molecule has 5 heterocycles. The van der Waals surface area contributed by atoms with Crippen molar-refractivity contribution in [3.63, 3.8) is 0 Å².